The van der Waals surface area contributed by atoms with Crippen LogP contribution in [0.1, 0.15) is 12.8 Å². The van der Waals surface area contributed by atoms with Gasteiger partial charge in [-0.2, -0.15) is 0 Å². The molecule has 1 aliphatic carbocycles. The van der Waals surface area contributed by atoms with Crippen molar-refractivity contribution in [1.29, 1.82) is 0 Å². The zero-order chi connectivity index (χ0) is 9.03. The van der Waals surface area contributed by atoms with Crippen LogP contribution in [0, 0.1) is 11.5 Å². The Bertz CT molecular complexity index is 266. The summed E-state index contributed by atoms with van der Waals surface area (Å²) in [4.78, 5) is 0. The van der Waals surface area contributed by atoms with Crippen molar-refractivity contribution in [3.05, 3.63) is 23.8 Å². The van der Waals surface area contributed by atoms with Crippen LogP contribution in [0.2, 0.25) is 19.6 Å². The third-order valence-electron chi connectivity index (χ3n) is 1.61. The molecule has 0 unspecified atom stereocenters. The van der Waals surface area contributed by atoms with E-state index in [4.69, 9.17) is 0 Å². The van der Waals surface area contributed by atoms with Crippen molar-refractivity contribution in [2.24, 2.45) is 0 Å². The molecule has 0 nitrogen and oxygen atoms in total. The second-order valence-electron chi connectivity index (χ2n) is 4.16. The van der Waals surface area contributed by atoms with Gasteiger partial charge in [0, 0.05) is 5.57 Å². The van der Waals surface area contributed by atoms with Gasteiger partial charge in [-0.25, -0.2) is 0 Å². The first-order chi connectivity index (χ1) is 5.58. The highest BCUT2D eigenvalue weighted by Gasteiger charge is 2.07. The van der Waals surface area contributed by atoms with Crippen LogP contribution in [0.4, 0.5) is 0 Å². The molecule has 0 saturated heterocycles. The summed E-state index contributed by atoms with van der Waals surface area (Å²) in [7, 11) is -1.17. The molecule has 0 saturated carbocycles. The summed E-state index contributed by atoms with van der Waals surface area (Å²) >= 11 is 0. The minimum atomic E-state index is -1.17. The molecule has 0 aromatic rings. The van der Waals surface area contributed by atoms with Crippen LogP contribution in [0.25, 0.3) is 0 Å². The summed E-state index contributed by atoms with van der Waals surface area (Å²) in [5, 5.41) is 0. The van der Waals surface area contributed by atoms with Gasteiger partial charge in [0.15, 0.2) is 0 Å². The molecule has 12 heavy (non-hydrogen) atoms. The Hall–Kier alpha value is -0.743. The molecular formula is C11H16Si. The van der Waals surface area contributed by atoms with Crippen molar-refractivity contribution in [2.45, 2.75) is 32.5 Å². The van der Waals surface area contributed by atoms with Gasteiger partial charge in [0.05, 0.1) is 0 Å². The number of hydrogen-bond acceptors (Lipinski definition) is 0. The largest absolute Gasteiger partial charge is 0.129 e. The summed E-state index contributed by atoms with van der Waals surface area (Å²) < 4.78 is 0. The SMILES string of the molecule is C[Si](C)(C)C#CC1=CC=CCC1. The Morgan fingerprint density at radius 3 is 2.58 bits per heavy atom. The molecule has 1 rings (SSSR count). The fraction of sp³-hybridized carbons (Fsp3) is 0.455. The van der Waals surface area contributed by atoms with Crippen molar-refractivity contribution in [1.82, 2.24) is 0 Å². The number of rotatable bonds is 0. The Labute approximate surface area is 76.4 Å². The lowest BCUT2D eigenvalue weighted by molar-refractivity contribution is 1.000. The molecule has 0 bridgehead atoms. The first-order valence-corrected chi connectivity index (χ1v) is 7.97. The summed E-state index contributed by atoms with van der Waals surface area (Å²) in [6, 6.07) is 0. The average Bonchev–Trinajstić information content (AvgIpc) is 2.02. The van der Waals surface area contributed by atoms with Gasteiger partial charge in [0.2, 0.25) is 0 Å². The van der Waals surface area contributed by atoms with Crippen LogP contribution in [-0.4, -0.2) is 8.07 Å². The maximum Gasteiger partial charge on any atom is 0.129 e. The van der Waals surface area contributed by atoms with E-state index >= 15 is 0 Å². The van der Waals surface area contributed by atoms with E-state index in [2.05, 4.69) is 49.3 Å². The Balaban J connectivity index is 2.65. The molecule has 1 aliphatic rings. The minimum Gasteiger partial charge on any atom is -0.127 e. The first kappa shape index (κ1) is 9.35. The second kappa shape index (κ2) is 3.78. The summed E-state index contributed by atoms with van der Waals surface area (Å²) in [5.74, 6) is 3.28. The number of allylic oxidation sites excluding steroid dienone is 4. The lowest BCUT2D eigenvalue weighted by Gasteiger charge is -2.05. The quantitative estimate of drug-likeness (QED) is 0.393. The molecule has 0 amide bonds. The van der Waals surface area contributed by atoms with Crippen molar-refractivity contribution >= 4 is 8.07 Å². The average molecular weight is 176 g/mol. The molecule has 1 heteroatoms. The van der Waals surface area contributed by atoms with Crippen LogP contribution in [0.5, 0.6) is 0 Å². The van der Waals surface area contributed by atoms with E-state index in [1.54, 1.807) is 0 Å². The van der Waals surface area contributed by atoms with Crippen LogP contribution < -0.4 is 0 Å². The van der Waals surface area contributed by atoms with Gasteiger partial charge in [0.1, 0.15) is 8.07 Å². The molecule has 0 radical (unpaired) electrons. The molecule has 0 heterocycles. The van der Waals surface area contributed by atoms with E-state index in [9.17, 15) is 0 Å². The molecule has 64 valence electrons. The Morgan fingerprint density at radius 2 is 2.08 bits per heavy atom. The highest BCUT2D eigenvalue weighted by molar-refractivity contribution is 6.83. The topological polar surface area (TPSA) is 0 Å². The highest BCUT2D eigenvalue weighted by atomic mass is 28.3. The minimum absolute atomic E-state index is 1.13. The van der Waals surface area contributed by atoms with Gasteiger partial charge < -0.3 is 0 Å². The second-order valence-corrected chi connectivity index (χ2v) is 8.91. The van der Waals surface area contributed by atoms with Gasteiger partial charge in [-0.1, -0.05) is 43.8 Å². The predicted octanol–water partition coefficient (Wildman–Crippen LogP) is 3.14. The van der Waals surface area contributed by atoms with E-state index in [0.29, 0.717) is 0 Å². The third-order valence-corrected chi connectivity index (χ3v) is 2.49. The molecule has 0 aromatic carbocycles. The van der Waals surface area contributed by atoms with Gasteiger partial charge in [0.25, 0.3) is 0 Å². The van der Waals surface area contributed by atoms with Gasteiger partial charge in [-0.3, -0.25) is 0 Å². The molecule has 0 fully saturated rings. The Kier molecular flexibility index (Phi) is 2.94. The van der Waals surface area contributed by atoms with Crippen molar-refractivity contribution in [3.8, 4) is 11.5 Å². The van der Waals surface area contributed by atoms with Gasteiger partial charge in [-0.05, 0) is 12.8 Å². The van der Waals surface area contributed by atoms with Gasteiger partial charge in [-0.15, -0.1) is 5.54 Å². The van der Waals surface area contributed by atoms with Crippen LogP contribution in [0.15, 0.2) is 23.8 Å². The van der Waals surface area contributed by atoms with Crippen molar-refractivity contribution in [3.63, 3.8) is 0 Å². The lowest BCUT2D eigenvalue weighted by Crippen LogP contribution is -2.16. The molecular weight excluding hydrogens is 160 g/mol. The number of hydrogen-bond donors (Lipinski definition) is 0. The summed E-state index contributed by atoms with van der Waals surface area (Å²) in [5.41, 5.74) is 4.68. The standard InChI is InChI=1S/C11H16Si/c1-12(2,3)10-9-11-7-5-4-6-8-11/h4-5,7H,6,8H2,1-3H3. The smallest absolute Gasteiger partial charge is 0.127 e. The fourth-order valence-electron chi connectivity index (χ4n) is 0.975. The van der Waals surface area contributed by atoms with E-state index in [1.807, 2.05) is 0 Å². The van der Waals surface area contributed by atoms with E-state index in [-0.39, 0.29) is 0 Å². The maximum absolute atomic E-state index is 3.38. The first-order valence-electron chi connectivity index (χ1n) is 4.47. The van der Waals surface area contributed by atoms with E-state index in [1.165, 1.54) is 5.57 Å². The summed E-state index contributed by atoms with van der Waals surface area (Å²) in [6.07, 6.45) is 8.73. The van der Waals surface area contributed by atoms with Crippen LogP contribution in [-0.2, 0) is 0 Å². The van der Waals surface area contributed by atoms with Crippen LogP contribution >= 0.6 is 0 Å². The predicted molar refractivity (Wildman–Crippen MR) is 57.6 cm³/mol. The monoisotopic (exact) mass is 176 g/mol. The zero-order valence-electron chi connectivity index (χ0n) is 8.15. The maximum atomic E-state index is 3.38. The van der Waals surface area contributed by atoms with E-state index in [0.717, 1.165) is 12.8 Å². The van der Waals surface area contributed by atoms with Crippen molar-refractivity contribution < 1.29 is 0 Å². The third kappa shape index (κ3) is 3.59. The van der Waals surface area contributed by atoms with Gasteiger partial charge >= 0.3 is 0 Å². The Morgan fingerprint density at radius 1 is 1.33 bits per heavy atom. The normalized spacial score (nSPS) is 16.4. The molecule has 0 spiro atoms. The fourth-order valence-corrected chi connectivity index (χ4v) is 1.51. The molecule has 0 N–H and O–H groups in total. The summed E-state index contributed by atoms with van der Waals surface area (Å²) in [6.45, 7) is 6.83. The van der Waals surface area contributed by atoms with Crippen LogP contribution in [0.3, 0.4) is 0 Å². The molecule has 0 aromatic heterocycles. The lowest BCUT2D eigenvalue weighted by atomic mass is 10.1. The molecule has 0 aliphatic heterocycles. The zero-order valence-corrected chi connectivity index (χ0v) is 9.15. The van der Waals surface area contributed by atoms with E-state index < -0.39 is 8.07 Å². The molecule has 0 atom stereocenters. The van der Waals surface area contributed by atoms with Crippen molar-refractivity contribution in [2.75, 3.05) is 0 Å². The highest BCUT2D eigenvalue weighted by Crippen LogP contribution is 2.10.